The third-order valence-corrected chi connectivity index (χ3v) is 2.65. The smallest absolute Gasteiger partial charge is 0.338 e. The zero-order chi connectivity index (χ0) is 15.7. The third kappa shape index (κ3) is 5.50. The summed E-state index contributed by atoms with van der Waals surface area (Å²) in [5.74, 6) is -1.72. The molecule has 116 valence electrons. The average molecular weight is 298 g/mol. The molecule has 21 heavy (non-hydrogen) atoms. The van der Waals surface area contributed by atoms with Crippen molar-refractivity contribution in [3.8, 4) is 0 Å². The number of hydrogen-bond acceptors (Lipinski definition) is 6. The monoisotopic (exact) mass is 298 g/mol. The predicted molar refractivity (Wildman–Crippen MR) is 72.4 cm³/mol. The molecule has 0 radical (unpaired) electrons. The lowest BCUT2D eigenvalue weighted by atomic mass is 10.0. The molecule has 7 heteroatoms. The lowest BCUT2D eigenvalue weighted by Gasteiger charge is -2.10. The number of carbonyl (C=O) groups is 2. The molecule has 0 saturated carbocycles. The maximum absolute atomic E-state index is 11.8. The standard InChI is InChI=1S/C14H18O7/c15-4-7-20-6-3-10-9-11(13(17)18)1-2-12(10)14(19)21-8-5-16/h1-2,9,15-16H,3-8H2,(H,17,18). The van der Waals surface area contributed by atoms with Crippen molar-refractivity contribution in [2.75, 3.05) is 33.0 Å². The molecular formula is C14H18O7. The van der Waals surface area contributed by atoms with Crippen molar-refractivity contribution in [1.82, 2.24) is 0 Å². The predicted octanol–water partition coefficient (Wildman–Crippen LogP) is 0.0853. The van der Waals surface area contributed by atoms with Crippen LogP contribution >= 0.6 is 0 Å². The van der Waals surface area contributed by atoms with E-state index in [1.165, 1.54) is 18.2 Å². The van der Waals surface area contributed by atoms with Crippen LogP contribution in [0.15, 0.2) is 18.2 Å². The fraction of sp³-hybridized carbons (Fsp3) is 0.429. The van der Waals surface area contributed by atoms with E-state index in [0.717, 1.165) is 0 Å². The topological polar surface area (TPSA) is 113 Å². The van der Waals surface area contributed by atoms with Crippen LogP contribution in [0, 0.1) is 0 Å². The maximum atomic E-state index is 11.8. The van der Waals surface area contributed by atoms with E-state index in [0.29, 0.717) is 12.0 Å². The molecule has 0 saturated heterocycles. The summed E-state index contributed by atoms with van der Waals surface area (Å²) in [6.45, 7) is -0.110. The van der Waals surface area contributed by atoms with Gasteiger partial charge in [0.1, 0.15) is 6.61 Å². The maximum Gasteiger partial charge on any atom is 0.338 e. The van der Waals surface area contributed by atoms with Crippen molar-refractivity contribution in [2.45, 2.75) is 6.42 Å². The molecule has 0 aliphatic heterocycles. The number of aliphatic hydroxyl groups is 2. The van der Waals surface area contributed by atoms with Gasteiger partial charge in [0.25, 0.3) is 0 Å². The molecule has 0 unspecified atom stereocenters. The van der Waals surface area contributed by atoms with E-state index in [1.54, 1.807) is 0 Å². The Morgan fingerprint density at radius 2 is 1.76 bits per heavy atom. The van der Waals surface area contributed by atoms with E-state index in [2.05, 4.69) is 0 Å². The van der Waals surface area contributed by atoms with E-state index >= 15 is 0 Å². The number of aliphatic hydroxyl groups excluding tert-OH is 2. The van der Waals surface area contributed by atoms with E-state index in [1.807, 2.05) is 0 Å². The van der Waals surface area contributed by atoms with Crippen molar-refractivity contribution >= 4 is 11.9 Å². The van der Waals surface area contributed by atoms with Gasteiger partial charge in [0.15, 0.2) is 0 Å². The first-order chi connectivity index (χ1) is 10.1. The number of ether oxygens (including phenoxy) is 2. The fourth-order valence-electron chi connectivity index (χ4n) is 1.70. The number of carboxylic acids is 1. The SMILES string of the molecule is O=C(O)c1ccc(C(=O)OCCO)c(CCOCCO)c1. The minimum absolute atomic E-state index is 0.0610. The lowest BCUT2D eigenvalue weighted by molar-refractivity contribution is 0.0430. The molecule has 0 fully saturated rings. The number of aromatic carboxylic acids is 1. The van der Waals surface area contributed by atoms with Crippen LogP contribution in [0.25, 0.3) is 0 Å². The Hall–Kier alpha value is -1.96. The Balaban J connectivity index is 2.88. The highest BCUT2D eigenvalue weighted by atomic mass is 16.5. The second kappa shape index (κ2) is 9.06. The normalized spacial score (nSPS) is 10.4. The number of benzene rings is 1. The first-order valence-electron chi connectivity index (χ1n) is 6.43. The largest absolute Gasteiger partial charge is 0.478 e. The highest BCUT2D eigenvalue weighted by Crippen LogP contribution is 2.15. The Morgan fingerprint density at radius 3 is 2.38 bits per heavy atom. The van der Waals surface area contributed by atoms with Gasteiger partial charge in [-0.3, -0.25) is 0 Å². The summed E-state index contributed by atoms with van der Waals surface area (Å²) in [4.78, 5) is 22.8. The molecule has 1 aromatic rings. The zero-order valence-corrected chi connectivity index (χ0v) is 11.4. The minimum atomic E-state index is -1.09. The van der Waals surface area contributed by atoms with Gasteiger partial charge in [-0.1, -0.05) is 0 Å². The summed E-state index contributed by atoms with van der Waals surface area (Å²) >= 11 is 0. The molecule has 0 atom stereocenters. The highest BCUT2D eigenvalue weighted by Gasteiger charge is 2.15. The van der Waals surface area contributed by atoms with E-state index in [9.17, 15) is 9.59 Å². The number of esters is 1. The number of hydrogen-bond donors (Lipinski definition) is 3. The molecule has 0 aliphatic carbocycles. The van der Waals surface area contributed by atoms with Crippen molar-refractivity contribution < 1.29 is 34.4 Å². The van der Waals surface area contributed by atoms with Crippen LogP contribution in [0.3, 0.4) is 0 Å². The zero-order valence-electron chi connectivity index (χ0n) is 11.4. The molecule has 0 spiro atoms. The molecule has 1 rings (SSSR count). The van der Waals surface area contributed by atoms with Crippen molar-refractivity contribution in [3.63, 3.8) is 0 Å². The molecule has 0 bridgehead atoms. The van der Waals surface area contributed by atoms with Crippen LogP contribution in [0.4, 0.5) is 0 Å². The molecule has 0 amide bonds. The highest BCUT2D eigenvalue weighted by molar-refractivity contribution is 5.94. The van der Waals surface area contributed by atoms with Gasteiger partial charge in [0.05, 0.1) is 37.6 Å². The van der Waals surface area contributed by atoms with E-state index in [4.69, 9.17) is 24.8 Å². The number of rotatable bonds is 9. The summed E-state index contributed by atoms with van der Waals surface area (Å²) in [5, 5.41) is 26.2. The summed E-state index contributed by atoms with van der Waals surface area (Å²) in [5.41, 5.74) is 0.780. The molecule has 7 nitrogen and oxygen atoms in total. The first-order valence-corrected chi connectivity index (χ1v) is 6.43. The van der Waals surface area contributed by atoms with Crippen LogP contribution in [-0.2, 0) is 15.9 Å². The fourth-order valence-corrected chi connectivity index (χ4v) is 1.70. The summed E-state index contributed by atoms with van der Waals surface area (Å²) in [6, 6.07) is 4.08. The summed E-state index contributed by atoms with van der Waals surface area (Å²) in [7, 11) is 0. The molecular weight excluding hydrogens is 280 g/mol. The Morgan fingerprint density at radius 1 is 1.05 bits per heavy atom. The van der Waals surface area contributed by atoms with Crippen LogP contribution in [0.2, 0.25) is 0 Å². The van der Waals surface area contributed by atoms with Crippen LogP contribution in [0.1, 0.15) is 26.3 Å². The van der Waals surface area contributed by atoms with Crippen LogP contribution in [-0.4, -0.2) is 60.3 Å². The molecule has 0 aromatic heterocycles. The van der Waals surface area contributed by atoms with Crippen molar-refractivity contribution in [2.24, 2.45) is 0 Å². The van der Waals surface area contributed by atoms with Crippen LogP contribution in [0.5, 0.6) is 0 Å². The van der Waals surface area contributed by atoms with Gasteiger partial charge >= 0.3 is 11.9 Å². The Labute approximate surface area is 121 Å². The van der Waals surface area contributed by atoms with Gasteiger partial charge in [0.2, 0.25) is 0 Å². The Bertz CT molecular complexity index is 484. The molecule has 0 aliphatic rings. The number of carboxylic acid groups (broad SMARTS) is 1. The van der Waals surface area contributed by atoms with Crippen molar-refractivity contribution in [3.05, 3.63) is 34.9 Å². The molecule has 1 aromatic carbocycles. The number of carbonyl (C=O) groups excluding carboxylic acids is 1. The van der Waals surface area contributed by atoms with Crippen molar-refractivity contribution in [1.29, 1.82) is 0 Å². The molecule has 3 N–H and O–H groups in total. The van der Waals surface area contributed by atoms with Gasteiger partial charge in [-0.05, 0) is 30.2 Å². The Kier molecular flexibility index (Phi) is 7.38. The third-order valence-electron chi connectivity index (χ3n) is 2.65. The van der Waals surface area contributed by atoms with Crippen LogP contribution < -0.4 is 0 Å². The van der Waals surface area contributed by atoms with Gasteiger partial charge in [-0.2, -0.15) is 0 Å². The van der Waals surface area contributed by atoms with Gasteiger partial charge in [0, 0.05) is 0 Å². The van der Waals surface area contributed by atoms with Gasteiger partial charge < -0.3 is 24.8 Å². The lowest BCUT2D eigenvalue weighted by Crippen LogP contribution is -2.14. The van der Waals surface area contributed by atoms with Gasteiger partial charge in [-0.15, -0.1) is 0 Å². The second-order valence-electron chi connectivity index (χ2n) is 4.12. The van der Waals surface area contributed by atoms with Gasteiger partial charge in [-0.25, -0.2) is 9.59 Å². The van der Waals surface area contributed by atoms with E-state index < -0.39 is 11.9 Å². The summed E-state index contributed by atoms with van der Waals surface area (Å²) in [6.07, 6.45) is 0.310. The minimum Gasteiger partial charge on any atom is -0.478 e. The summed E-state index contributed by atoms with van der Waals surface area (Å²) < 4.78 is 9.94. The first kappa shape index (κ1) is 17.1. The van der Waals surface area contributed by atoms with E-state index in [-0.39, 0.29) is 44.2 Å². The molecule has 0 heterocycles. The quantitative estimate of drug-likeness (QED) is 0.437. The average Bonchev–Trinajstić information content (AvgIpc) is 2.49. The second-order valence-corrected chi connectivity index (χ2v) is 4.12.